The van der Waals surface area contributed by atoms with E-state index in [1.165, 1.54) is 5.56 Å². The largest absolute Gasteiger partial charge is 0.285 e. The molecule has 0 N–H and O–H groups in total. The molecule has 0 radical (unpaired) electrons. The van der Waals surface area contributed by atoms with Crippen molar-refractivity contribution < 1.29 is 0 Å². The molecule has 0 aliphatic rings. The molecule has 3 nitrogen and oxygen atoms in total. The Morgan fingerprint density at radius 3 is 2.43 bits per heavy atom. The number of rotatable bonds is 3. The standard InChI is InChI=1S/C11H15N3/c1-9(8-12)14(3)10(2)11-4-6-13-7-5-11/h4-7,9-10H,1-3H3. The van der Waals surface area contributed by atoms with Crippen molar-refractivity contribution in [1.29, 1.82) is 5.26 Å². The predicted molar refractivity (Wildman–Crippen MR) is 55.5 cm³/mol. The Kier molecular flexibility index (Phi) is 3.61. The van der Waals surface area contributed by atoms with Gasteiger partial charge in [0.1, 0.15) is 0 Å². The van der Waals surface area contributed by atoms with Crippen LogP contribution in [0.2, 0.25) is 0 Å². The van der Waals surface area contributed by atoms with Gasteiger partial charge in [0.25, 0.3) is 0 Å². The monoisotopic (exact) mass is 189 g/mol. The highest BCUT2D eigenvalue weighted by Crippen LogP contribution is 2.19. The molecule has 0 saturated carbocycles. The van der Waals surface area contributed by atoms with Crippen LogP contribution in [-0.4, -0.2) is 23.0 Å². The van der Waals surface area contributed by atoms with Gasteiger partial charge < -0.3 is 0 Å². The Morgan fingerprint density at radius 1 is 1.36 bits per heavy atom. The molecule has 1 heterocycles. The highest BCUT2D eigenvalue weighted by Gasteiger charge is 2.16. The number of nitrogens with zero attached hydrogens (tertiary/aromatic N) is 3. The number of nitriles is 1. The van der Waals surface area contributed by atoms with Crippen LogP contribution in [0.25, 0.3) is 0 Å². The molecule has 0 aliphatic heterocycles. The zero-order chi connectivity index (χ0) is 10.6. The maximum atomic E-state index is 8.80. The summed E-state index contributed by atoms with van der Waals surface area (Å²) in [4.78, 5) is 6.01. The van der Waals surface area contributed by atoms with E-state index in [0.29, 0.717) is 0 Å². The average molecular weight is 189 g/mol. The van der Waals surface area contributed by atoms with Crippen LogP contribution >= 0.6 is 0 Å². The molecule has 0 saturated heterocycles. The summed E-state index contributed by atoms with van der Waals surface area (Å²) >= 11 is 0. The molecule has 3 heteroatoms. The smallest absolute Gasteiger partial charge is 0.0951 e. The zero-order valence-corrected chi connectivity index (χ0v) is 8.81. The average Bonchev–Trinajstić information content (AvgIpc) is 2.27. The van der Waals surface area contributed by atoms with E-state index in [2.05, 4.69) is 18.0 Å². The van der Waals surface area contributed by atoms with Gasteiger partial charge in [-0.25, -0.2) is 0 Å². The molecule has 0 aromatic carbocycles. The van der Waals surface area contributed by atoms with E-state index in [4.69, 9.17) is 5.26 Å². The highest BCUT2D eigenvalue weighted by molar-refractivity contribution is 5.14. The molecule has 0 fully saturated rings. The molecular weight excluding hydrogens is 174 g/mol. The van der Waals surface area contributed by atoms with Gasteiger partial charge in [-0.05, 0) is 38.6 Å². The second kappa shape index (κ2) is 4.73. The van der Waals surface area contributed by atoms with E-state index in [-0.39, 0.29) is 12.1 Å². The van der Waals surface area contributed by atoms with Crippen LogP contribution in [-0.2, 0) is 0 Å². The molecule has 1 aromatic rings. The Hall–Kier alpha value is -1.40. The summed E-state index contributed by atoms with van der Waals surface area (Å²) in [7, 11) is 1.96. The lowest BCUT2D eigenvalue weighted by Crippen LogP contribution is -2.30. The topological polar surface area (TPSA) is 39.9 Å². The second-order valence-corrected chi connectivity index (χ2v) is 3.43. The first-order chi connectivity index (χ1) is 6.66. The molecule has 1 rings (SSSR count). The van der Waals surface area contributed by atoms with Crippen LogP contribution in [0.1, 0.15) is 25.5 Å². The number of hydrogen-bond donors (Lipinski definition) is 0. The van der Waals surface area contributed by atoms with Gasteiger partial charge in [0, 0.05) is 18.4 Å². The zero-order valence-electron chi connectivity index (χ0n) is 8.81. The molecule has 1 aromatic heterocycles. The Labute approximate surface area is 85.0 Å². The molecule has 14 heavy (non-hydrogen) atoms. The van der Waals surface area contributed by atoms with Crippen molar-refractivity contribution in [3.63, 3.8) is 0 Å². The summed E-state index contributed by atoms with van der Waals surface area (Å²) in [5, 5.41) is 8.80. The van der Waals surface area contributed by atoms with Crippen molar-refractivity contribution >= 4 is 0 Å². The van der Waals surface area contributed by atoms with Crippen LogP contribution in [0, 0.1) is 11.3 Å². The Morgan fingerprint density at radius 2 is 1.93 bits per heavy atom. The number of hydrogen-bond acceptors (Lipinski definition) is 3. The van der Waals surface area contributed by atoms with Crippen molar-refractivity contribution in [3.05, 3.63) is 30.1 Å². The second-order valence-electron chi connectivity index (χ2n) is 3.43. The minimum atomic E-state index is -0.0711. The van der Waals surface area contributed by atoms with E-state index in [9.17, 15) is 0 Å². The first-order valence-electron chi connectivity index (χ1n) is 4.68. The lowest BCUT2D eigenvalue weighted by Gasteiger charge is -2.26. The lowest BCUT2D eigenvalue weighted by atomic mass is 10.1. The molecule has 2 unspecified atom stereocenters. The number of pyridine rings is 1. The van der Waals surface area contributed by atoms with Crippen LogP contribution < -0.4 is 0 Å². The SMILES string of the molecule is CC(C#N)N(C)C(C)c1ccncc1. The lowest BCUT2D eigenvalue weighted by molar-refractivity contribution is 0.233. The maximum absolute atomic E-state index is 8.80. The van der Waals surface area contributed by atoms with Gasteiger partial charge in [0.15, 0.2) is 0 Å². The van der Waals surface area contributed by atoms with E-state index >= 15 is 0 Å². The van der Waals surface area contributed by atoms with E-state index in [0.717, 1.165) is 0 Å². The van der Waals surface area contributed by atoms with Crippen molar-refractivity contribution in [1.82, 2.24) is 9.88 Å². The van der Waals surface area contributed by atoms with Gasteiger partial charge in [-0.15, -0.1) is 0 Å². The van der Waals surface area contributed by atoms with Gasteiger partial charge >= 0.3 is 0 Å². The number of aromatic nitrogens is 1. The van der Waals surface area contributed by atoms with Crippen LogP contribution in [0.4, 0.5) is 0 Å². The van der Waals surface area contributed by atoms with Gasteiger partial charge in [-0.1, -0.05) is 0 Å². The maximum Gasteiger partial charge on any atom is 0.0951 e. The fourth-order valence-electron chi connectivity index (χ4n) is 1.30. The molecule has 0 amide bonds. The van der Waals surface area contributed by atoms with Crippen molar-refractivity contribution in [3.8, 4) is 6.07 Å². The summed E-state index contributed by atoms with van der Waals surface area (Å²) in [6.45, 7) is 3.99. The summed E-state index contributed by atoms with van der Waals surface area (Å²) in [6.07, 6.45) is 3.55. The summed E-state index contributed by atoms with van der Waals surface area (Å²) < 4.78 is 0. The molecule has 74 valence electrons. The summed E-state index contributed by atoms with van der Waals surface area (Å²) in [5.74, 6) is 0. The third-order valence-corrected chi connectivity index (χ3v) is 2.60. The van der Waals surface area contributed by atoms with E-state index in [1.54, 1.807) is 12.4 Å². The minimum Gasteiger partial charge on any atom is -0.285 e. The normalized spacial score (nSPS) is 14.8. The summed E-state index contributed by atoms with van der Waals surface area (Å²) in [5.41, 5.74) is 1.18. The Balaban J connectivity index is 2.76. The Bertz CT molecular complexity index is 315. The van der Waals surface area contributed by atoms with Crippen molar-refractivity contribution in [2.45, 2.75) is 25.9 Å². The van der Waals surface area contributed by atoms with Crippen molar-refractivity contribution in [2.24, 2.45) is 0 Å². The van der Waals surface area contributed by atoms with Gasteiger partial charge in [0.2, 0.25) is 0 Å². The first kappa shape index (κ1) is 10.7. The first-order valence-corrected chi connectivity index (χ1v) is 4.68. The fraction of sp³-hybridized carbons (Fsp3) is 0.455. The van der Waals surface area contributed by atoms with E-state index < -0.39 is 0 Å². The molecule has 0 aliphatic carbocycles. The van der Waals surface area contributed by atoms with Crippen LogP contribution in [0.15, 0.2) is 24.5 Å². The van der Waals surface area contributed by atoms with Gasteiger partial charge in [-0.2, -0.15) is 5.26 Å². The third-order valence-electron chi connectivity index (χ3n) is 2.60. The molecule has 2 atom stereocenters. The van der Waals surface area contributed by atoms with Crippen LogP contribution in [0.3, 0.4) is 0 Å². The third kappa shape index (κ3) is 2.30. The predicted octanol–water partition coefficient (Wildman–Crippen LogP) is 1.99. The summed E-state index contributed by atoms with van der Waals surface area (Å²) in [6, 6.07) is 6.35. The van der Waals surface area contributed by atoms with Gasteiger partial charge in [0.05, 0.1) is 12.1 Å². The van der Waals surface area contributed by atoms with E-state index in [1.807, 2.05) is 31.0 Å². The quantitative estimate of drug-likeness (QED) is 0.730. The van der Waals surface area contributed by atoms with Crippen LogP contribution in [0.5, 0.6) is 0 Å². The van der Waals surface area contributed by atoms with Gasteiger partial charge in [-0.3, -0.25) is 9.88 Å². The van der Waals surface area contributed by atoms with Crippen molar-refractivity contribution in [2.75, 3.05) is 7.05 Å². The molecular formula is C11H15N3. The fourth-order valence-corrected chi connectivity index (χ4v) is 1.30. The highest BCUT2D eigenvalue weighted by atomic mass is 15.1. The minimum absolute atomic E-state index is 0.0711. The molecule has 0 bridgehead atoms. The molecule has 0 spiro atoms.